The van der Waals surface area contributed by atoms with E-state index in [2.05, 4.69) is 21.9 Å². The number of ether oxygens (including phenoxy) is 1. The average Bonchev–Trinajstić information content (AvgIpc) is 2.85. The van der Waals surface area contributed by atoms with Crippen molar-refractivity contribution in [2.75, 3.05) is 0 Å². The molecule has 1 aliphatic carbocycles. The van der Waals surface area contributed by atoms with Crippen molar-refractivity contribution in [3.8, 4) is 0 Å². The molecule has 7 nitrogen and oxygen atoms in total. The molecule has 0 bridgehead atoms. The minimum atomic E-state index is -0.179. The third kappa shape index (κ3) is 4.56. The predicted molar refractivity (Wildman–Crippen MR) is 86.9 cm³/mol. The lowest BCUT2D eigenvalue weighted by atomic mass is 9.78. The normalized spacial score (nSPS) is 23.0. The lowest BCUT2D eigenvalue weighted by Gasteiger charge is -2.31. The van der Waals surface area contributed by atoms with Crippen LogP contribution in [0.2, 0.25) is 0 Å². The van der Waals surface area contributed by atoms with Crippen LogP contribution in [0, 0.1) is 11.3 Å². The number of imidazole rings is 1. The van der Waals surface area contributed by atoms with Crippen molar-refractivity contribution < 1.29 is 4.74 Å². The standard InChI is InChI=1S/C15H26N6O/c1-3-4-9(2)22-15(18)21-13(17)14-19-8-12(20-14)7-10-5-11(16)6-10/h8-11H,3-7,16H2,1-2H3,(H,19,20)(H3,17,18,21)/t9-,10?,11?/m0/s1. The molecule has 6 N–H and O–H groups in total. The number of aromatic nitrogens is 2. The maximum absolute atomic E-state index is 7.71. The van der Waals surface area contributed by atoms with Crippen LogP contribution >= 0.6 is 0 Å². The second kappa shape index (κ2) is 7.40. The molecular formula is C15H26N6O. The van der Waals surface area contributed by atoms with E-state index < -0.39 is 0 Å². The fourth-order valence-electron chi connectivity index (χ4n) is 2.70. The molecule has 1 saturated carbocycles. The Morgan fingerprint density at radius 2 is 2.32 bits per heavy atom. The van der Waals surface area contributed by atoms with Gasteiger partial charge in [-0.3, -0.25) is 0 Å². The molecule has 0 spiro atoms. The Kier molecular flexibility index (Phi) is 5.54. The lowest BCUT2D eigenvalue weighted by Crippen LogP contribution is -2.37. The summed E-state index contributed by atoms with van der Waals surface area (Å²) >= 11 is 0. The fourth-order valence-corrected chi connectivity index (χ4v) is 2.70. The number of nitrogens with one attached hydrogen (secondary N) is 2. The maximum atomic E-state index is 7.71. The Bertz CT molecular complexity index is 532. The molecule has 0 saturated heterocycles. The molecule has 122 valence electrons. The second-order valence-corrected chi connectivity index (χ2v) is 6.08. The predicted octanol–water partition coefficient (Wildman–Crippen LogP) is 1.53. The van der Waals surface area contributed by atoms with Gasteiger partial charge in [-0.05, 0) is 38.5 Å². The summed E-state index contributed by atoms with van der Waals surface area (Å²) in [6, 6.07) is 0.170. The van der Waals surface area contributed by atoms with Crippen molar-refractivity contribution in [3.05, 3.63) is 17.7 Å². The molecule has 1 aliphatic rings. The molecule has 0 aliphatic heterocycles. The van der Waals surface area contributed by atoms with Crippen molar-refractivity contribution >= 4 is 11.9 Å². The van der Waals surface area contributed by atoms with Gasteiger partial charge in [-0.15, -0.1) is 0 Å². The summed E-state index contributed by atoms with van der Waals surface area (Å²) in [5.74, 6) is 1.28. The summed E-state index contributed by atoms with van der Waals surface area (Å²) in [5.41, 5.74) is 12.7. The first-order valence-electron chi connectivity index (χ1n) is 7.87. The first-order valence-corrected chi connectivity index (χ1v) is 7.87. The molecule has 2 rings (SSSR count). The van der Waals surface area contributed by atoms with Gasteiger partial charge in [0.15, 0.2) is 11.7 Å². The van der Waals surface area contributed by atoms with Gasteiger partial charge in [-0.1, -0.05) is 13.3 Å². The summed E-state index contributed by atoms with van der Waals surface area (Å²) in [5, 5.41) is 7.71. The third-order valence-corrected chi connectivity index (χ3v) is 3.88. The first kappa shape index (κ1) is 16.5. The number of hydrogen-bond donors (Lipinski definition) is 4. The van der Waals surface area contributed by atoms with Gasteiger partial charge in [0.1, 0.15) is 0 Å². The maximum Gasteiger partial charge on any atom is 0.311 e. The molecule has 0 unspecified atom stereocenters. The molecule has 22 heavy (non-hydrogen) atoms. The van der Waals surface area contributed by atoms with Crippen molar-refractivity contribution in [3.63, 3.8) is 0 Å². The van der Waals surface area contributed by atoms with Gasteiger partial charge in [-0.2, -0.15) is 4.99 Å². The largest absolute Gasteiger partial charge is 0.461 e. The van der Waals surface area contributed by atoms with Crippen LogP contribution in [0.15, 0.2) is 11.2 Å². The Morgan fingerprint density at radius 1 is 1.59 bits per heavy atom. The molecule has 0 aromatic carbocycles. The molecular weight excluding hydrogens is 280 g/mol. The van der Waals surface area contributed by atoms with Crippen LogP contribution < -0.4 is 11.5 Å². The SMILES string of the molecule is CCC[C@H](C)OC(=N)N=C(N)c1ncc(CC2CC(N)C2)[nH]1. The van der Waals surface area contributed by atoms with Crippen molar-refractivity contribution in [1.82, 2.24) is 9.97 Å². The Morgan fingerprint density at radius 3 is 2.95 bits per heavy atom. The van der Waals surface area contributed by atoms with Crippen molar-refractivity contribution in [1.29, 1.82) is 5.41 Å². The van der Waals surface area contributed by atoms with E-state index in [-0.39, 0.29) is 18.0 Å². The van der Waals surface area contributed by atoms with Crippen LogP contribution in [0.4, 0.5) is 0 Å². The molecule has 7 heteroatoms. The molecule has 0 radical (unpaired) electrons. The molecule has 1 heterocycles. The lowest BCUT2D eigenvalue weighted by molar-refractivity contribution is 0.191. The minimum absolute atomic E-state index is 0.0379. The van der Waals surface area contributed by atoms with E-state index in [9.17, 15) is 0 Å². The number of aliphatic imine (C=N–C) groups is 1. The highest BCUT2D eigenvalue weighted by molar-refractivity contribution is 6.00. The van der Waals surface area contributed by atoms with E-state index in [1.165, 1.54) is 0 Å². The Balaban J connectivity index is 1.88. The number of nitrogens with two attached hydrogens (primary N) is 2. The van der Waals surface area contributed by atoms with Gasteiger partial charge in [0.05, 0.1) is 6.10 Å². The topological polar surface area (TPSA) is 126 Å². The second-order valence-electron chi connectivity index (χ2n) is 6.08. The van der Waals surface area contributed by atoms with Gasteiger partial charge in [0.25, 0.3) is 0 Å². The van der Waals surface area contributed by atoms with E-state index in [1.54, 1.807) is 6.20 Å². The highest BCUT2D eigenvalue weighted by Crippen LogP contribution is 2.28. The van der Waals surface area contributed by atoms with Crippen molar-refractivity contribution in [2.45, 2.75) is 58.1 Å². The van der Waals surface area contributed by atoms with E-state index in [4.69, 9.17) is 21.6 Å². The molecule has 0 amide bonds. The zero-order valence-corrected chi connectivity index (χ0v) is 13.3. The monoisotopic (exact) mass is 306 g/mol. The summed E-state index contributed by atoms with van der Waals surface area (Å²) in [7, 11) is 0. The van der Waals surface area contributed by atoms with Crippen LogP contribution in [0.1, 0.15) is 51.0 Å². The highest BCUT2D eigenvalue weighted by atomic mass is 16.5. The van der Waals surface area contributed by atoms with Crippen LogP contribution in [0.3, 0.4) is 0 Å². The van der Waals surface area contributed by atoms with Gasteiger partial charge in [-0.25, -0.2) is 10.4 Å². The number of nitrogens with zero attached hydrogens (tertiary/aromatic N) is 2. The summed E-state index contributed by atoms with van der Waals surface area (Å²) < 4.78 is 5.35. The van der Waals surface area contributed by atoms with Gasteiger partial charge < -0.3 is 21.2 Å². The number of hydrogen-bond acceptors (Lipinski definition) is 4. The third-order valence-electron chi connectivity index (χ3n) is 3.88. The van der Waals surface area contributed by atoms with Gasteiger partial charge in [0, 0.05) is 17.9 Å². The van der Waals surface area contributed by atoms with Crippen LogP contribution in [-0.4, -0.2) is 34.0 Å². The summed E-state index contributed by atoms with van der Waals surface area (Å²) in [4.78, 5) is 11.3. The van der Waals surface area contributed by atoms with Crippen LogP contribution in [0.5, 0.6) is 0 Å². The van der Waals surface area contributed by atoms with Crippen LogP contribution in [-0.2, 0) is 11.2 Å². The number of aromatic amines is 1. The number of amidine groups is 2. The Labute approximate surface area is 131 Å². The zero-order chi connectivity index (χ0) is 16.1. The quantitative estimate of drug-likeness (QED) is 0.469. The fraction of sp³-hybridized carbons (Fsp3) is 0.667. The van der Waals surface area contributed by atoms with Gasteiger partial charge >= 0.3 is 6.02 Å². The number of H-pyrrole nitrogens is 1. The Hall–Kier alpha value is -1.89. The van der Waals surface area contributed by atoms with E-state index in [1.807, 2.05) is 6.92 Å². The van der Waals surface area contributed by atoms with Crippen molar-refractivity contribution in [2.24, 2.45) is 22.4 Å². The molecule has 1 atom stereocenters. The van der Waals surface area contributed by atoms with Crippen LogP contribution in [0.25, 0.3) is 0 Å². The van der Waals surface area contributed by atoms with Gasteiger partial charge in [0.2, 0.25) is 0 Å². The molecule has 1 aromatic heterocycles. The highest BCUT2D eigenvalue weighted by Gasteiger charge is 2.26. The first-order chi connectivity index (χ1) is 10.5. The summed E-state index contributed by atoms with van der Waals surface area (Å²) in [6.45, 7) is 3.98. The van der Waals surface area contributed by atoms with E-state index in [0.717, 1.165) is 37.8 Å². The minimum Gasteiger partial charge on any atom is -0.461 e. The van der Waals surface area contributed by atoms with E-state index >= 15 is 0 Å². The molecule has 1 fully saturated rings. The van der Waals surface area contributed by atoms with E-state index in [0.29, 0.717) is 17.8 Å². The summed E-state index contributed by atoms with van der Waals surface area (Å²) in [6.07, 6.45) is 6.66. The smallest absolute Gasteiger partial charge is 0.311 e. The zero-order valence-electron chi connectivity index (χ0n) is 13.3. The molecule has 1 aromatic rings. The average molecular weight is 306 g/mol. The number of rotatable bonds is 6.